The Morgan fingerprint density at radius 1 is 1.06 bits per heavy atom. The lowest BCUT2D eigenvalue weighted by Crippen LogP contribution is -2.52. The van der Waals surface area contributed by atoms with Gasteiger partial charge in [0, 0.05) is 18.7 Å². The Hall–Kier alpha value is -3.27. The van der Waals surface area contributed by atoms with Crippen LogP contribution in [0.4, 0.5) is 5.69 Å². The van der Waals surface area contributed by atoms with E-state index in [9.17, 15) is 18.0 Å². The molecule has 10 heteroatoms. The summed E-state index contributed by atoms with van der Waals surface area (Å²) in [5.41, 5.74) is 2.01. The minimum absolute atomic E-state index is 0.0653. The lowest BCUT2D eigenvalue weighted by molar-refractivity contribution is -0.139. The molecule has 0 aliphatic rings. The van der Waals surface area contributed by atoms with Crippen molar-refractivity contribution in [3.05, 3.63) is 53.6 Å². The molecule has 36 heavy (non-hydrogen) atoms. The van der Waals surface area contributed by atoms with E-state index in [1.165, 1.54) is 25.2 Å². The number of benzene rings is 2. The van der Waals surface area contributed by atoms with Crippen LogP contribution in [0.1, 0.15) is 38.3 Å². The standard InChI is InChI=1S/C26H37N3O6S/c1-8-19(3)27-26(31)20(4)28(16-21-11-9-10-18(2)14-21)25(30)17-29(36(7,32)33)23-15-22(34-5)12-13-24(23)35-6/h9-15,19-20H,8,16-17H2,1-7H3,(H,27,31)/t19-,20+/m0/s1. The van der Waals surface area contributed by atoms with E-state index < -0.39 is 28.5 Å². The van der Waals surface area contributed by atoms with Gasteiger partial charge in [-0.15, -0.1) is 0 Å². The predicted octanol–water partition coefficient (Wildman–Crippen LogP) is 3.11. The molecule has 0 aromatic heterocycles. The summed E-state index contributed by atoms with van der Waals surface area (Å²) < 4.78 is 37.2. The van der Waals surface area contributed by atoms with Crippen LogP contribution in [-0.4, -0.2) is 64.2 Å². The first kappa shape index (κ1) is 29.0. The Labute approximate surface area is 214 Å². The summed E-state index contributed by atoms with van der Waals surface area (Å²) in [4.78, 5) is 28.1. The van der Waals surface area contributed by atoms with E-state index in [4.69, 9.17) is 9.47 Å². The van der Waals surface area contributed by atoms with Crippen LogP contribution >= 0.6 is 0 Å². The van der Waals surface area contributed by atoms with Crippen LogP contribution < -0.4 is 19.1 Å². The lowest BCUT2D eigenvalue weighted by Gasteiger charge is -2.32. The molecule has 0 spiro atoms. The van der Waals surface area contributed by atoms with E-state index in [0.29, 0.717) is 5.75 Å². The molecule has 0 aliphatic carbocycles. The van der Waals surface area contributed by atoms with Crippen LogP contribution in [0.3, 0.4) is 0 Å². The fourth-order valence-corrected chi connectivity index (χ4v) is 4.49. The van der Waals surface area contributed by atoms with Crippen LogP contribution in [-0.2, 0) is 26.2 Å². The molecular weight excluding hydrogens is 482 g/mol. The third-order valence-electron chi connectivity index (χ3n) is 5.94. The fraction of sp³-hybridized carbons (Fsp3) is 0.462. The summed E-state index contributed by atoms with van der Waals surface area (Å²) in [7, 11) is -1.03. The molecule has 0 heterocycles. The van der Waals surface area contributed by atoms with Crippen molar-refractivity contribution in [2.75, 3.05) is 31.3 Å². The highest BCUT2D eigenvalue weighted by Gasteiger charge is 2.31. The maximum absolute atomic E-state index is 13.7. The highest BCUT2D eigenvalue weighted by molar-refractivity contribution is 7.92. The first-order valence-electron chi connectivity index (χ1n) is 11.8. The second-order valence-corrected chi connectivity index (χ2v) is 10.7. The van der Waals surface area contributed by atoms with E-state index >= 15 is 0 Å². The van der Waals surface area contributed by atoms with Gasteiger partial charge in [-0.1, -0.05) is 36.8 Å². The molecule has 0 radical (unpaired) electrons. The number of nitrogens with one attached hydrogen (secondary N) is 1. The monoisotopic (exact) mass is 519 g/mol. The van der Waals surface area contributed by atoms with E-state index in [1.807, 2.05) is 45.0 Å². The number of aryl methyl sites for hydroxylation is 1. The second-order valence-electron chi connectivity index (χ2n) is 8.81. The molecule has 0 fully saturated rings. The average molecular weight is 520 g/mol. The van der Waals surface area contributed by atoms with Gasteiger partial charge in [-0.05, 0) is 44.9 Å². The van der Waals surface area contributed by atoms with Gasteiger partial charge in [0.15, 0.2) is 0 Å². The maximum atomic E-state index is 13.7. The molecule has 2 rings (SSSR count). The van der Waals surface area contributed by atoms with Crippen LogP contribution in [0.2, 0.25) is 0 Å². The number of methoxy groups -OCH3 is 2. The Balaban J connectivity index is 2.48. The SMILES string of the molecule is CC[C@H](C)NC(=O)[C@@H](C)N(Cc1cccc(C)c1)C(=O)CN(c1cc(OC)ccc1OC)S(C)(=O)=O. The number of amides is 2. The number of nitrogens with zero attached hydrogens (tertiary/aromatic N) is 2. The van der Waals surface area contributed by atoms with Crippen molar-refractivity contribution in [2.45, 2.75) is 52.7 Å². The van der Waals surface area contributed by atoms with Crippen LogP contribution in [0, 0.1) is 6.92 Å². The van der Waals surface area contributed by atoms with Crippen molar-refractivity contribution in [1.29, 1.82) is 0 Å². The molecule has 0 saturated carbocycles. The molecule has 2 atom stereocenters. The smallest absolute Gasteiger partial charge is 0.244 e. The van der Waals surface area contributed by atoms with Crippen molar-refractivity contribution in [1.82, 2.24) is 10.2 Å². The fourth-order valence-electron chi connectivity index (χ4n) is 3.64. The Morgan fingerprint density at radius 2 is 1.75 bits per heavy atom. The number of anilines is 1. The number of sulfonamides is 1. The number of hydrogen-bond donors (Lipinski definition) is 1. The molecular formula is C26H37N3O6S. The van der Waals surface area contributed by atoms with Gasteiger partial charge < -0.3 is 19.7 Å². The summed E-state index contributed by atoms with van der Waals surface area (Å²) in [5, 5.41) is 2.91. The molecule has 0 aliphatic heterocycles. The minimum atomic E-state index is -3.90. The van der Waals surface area contributed by atoms with Gasteiger partial charge in [0.05, 0.1) is 26.2 Å². The topological polar surface area (TPSA) is 105 Å². The van der Waals surface area contributed by atoms with Crippen molar-refractivity contribution < 1.29 is 27.5 Å². The van der Waals surface area contributed by atoms with E-state index in [0.717, 1.165) is 28.1 Å². The molecule has 1 N–H and O–H groups in total. The zero-order valence-corrected chi connectivity index (χ0v) is 22.9. The Morgan fingerprint density at radius 3 is 2.31 bits per heavy atom. The number of carbonyl (C=O) groups is 2. The predicted molar refractivity (Wildman–Crippen MR) is 141 cm³/mol. The first-order chi connectivity index (χ1) is 16.9. The van der Waals surface area contributed by atoms with Gasteiger partial charge in [-0.2, -0.15) is 0 Å². The van der Waals surface area contributed by atoms with Gasteiger partial charge in [0.2, 0.25) is 21.8 Å². The summed E-state index contributed by atoms with van der Waals surface area (Å²) in [6, 6.07) is 11.4. The zero-order chi connectivity index (χ0) is 27.0. The van der Waals surface area contributed by atoms with Gasteiger partial charge in [-0.3, -0.25) is 13.9 Å². The van der Waals surface area contributed by atoms with Crippen LogP contribution in [0.25, 0.3) is 0 Å². The summed E-state index contributed by atoms with van der Waals surface area (Å²) in [5.74, 6) is -0.166. The molecule has 2 aromatic carbocycles. The van der Waals surface area contributed by atoms with Gasteiger partial charge in [0.1, 0.15) is 24.1 Å². The first-order valence-corrected chi connectivity index (χ1v) is 13.6. The number of ether oxygens (including phenoxy) is 2. The number of rotatable bonds is 12. The number of carbonyl (C=O) groups excluding carboxylic acids is 2. The highest BCUT2D eigenvalue weighted by Crippen LogP contribution is 2.34. The average Bonchev–Trinajstić information content (AvgIpc) is 2.84. The normalized spacial score (nSPS) is 12.9. The quantitative estimate of drug-likeness (QED) is 0.462. The van der Waals surface area contributed by atoms with Crippen molar-refractivity contribution in [3.8, 4) is 11.5 Å². The second kappa shape index (κ2) is 12.6. The van der Waals surface area contributed by atoms with Gasteiger partial charge in [-0.25, -0.2) is 8.42 Å². The number of hydrogen-bond acceptors (Lipinski definition) is 6. The molecule has 0 saturated heterocycles. The minimum Gasteiger partial charge on any atom is -0.497 e. The zero-order valence-electron chi connectivity index (χ0n) is 22.1. The van der Waals surface area contributed by atoms with E-state index in [2.05, 4.69) is 5.32 Å². The van der Waals surface area contributed by atoms with Crippen LogP contribution in [0.5, 0.6) is 11.5 Å². The maximum Gasteiger partial charge on any atom is 0.244 e. The summed E-state index contributed by atoms with van der Waals surface area (Å²) >= 11 is 0. The van der Waals surface area contributed by atoms with Gasteiger partial charge >= 0.3 is 0 Å². The van der Waals surface area contributed by atoms with Crippen molar-refractivity contribution in [2.24, 2.45) is 0 Å². The van der Waals surface area contributed by atoms with E-state index in [1.54, 1.807) is 19.1 Å². The van der Waals surface area contributed by atoms with E-state index in [-0.39, 0.29) is 29.9 Å². The summed E-state index contributed by atoms with van der Waals surface area (Å²) in [6.07, 6.45) is 1.75. The van der Waals surface area contributed by atoms with Gasteiger partial charge in [0.25, 0.3) is 0 Å². The molecule has 0 unspecified atom stereocenters. The Bertz CT molecular complexity index is 1170. The largest absolute Gasteiger partial charge is 0.497 e. The molecule has 2 amide bonds. The molecule has 2 aromatic rings. The van der Waals surface area contributed by atoms with Crippen molar-refractivity contribution >= 4 is 27.5 Å². The van der Waals surface area contributed by atoms with Crippen LogP contribution in [0.15, 0.2) is 42.5 Å². The Kier molecular flexibility index (Phi) is 10.2. The third-order valence-corrected chi connectivity index (χ3v) is 7.06. The molecule has 0 bridgehead atoms. The third kappa shape index (κ3) is 7.61. The van der Waals surface area contributed by atoms with Crippen molar-refractivity contribution in [3.63, 3.8) is 0 Å². The lowest BCUT2D eigenvalue weighted by atomic mass is 10.1. The highest BCUT2D eigenvalue weighted by atomic mass is 32.2. The molecule has 9 nitrogen and oxygen atoms in total. The molecule has 198 valence electrons. The summed E-state index contributed by atoms with van der Waals surface area (Å²) in [6.45, 7) is 7.05.